The van der Waals surface area contributed by atoms with Gasteiger partial charge in [-0.15, -0.1) is 0 Å². The van der Waals surface area contributed by atoms with Crippen molar-refractivity contribution in [2.75, 3.05) is 0 Å². The Kier molecular flexibility index (Phi) is 8.31. The summed E-state index contributed by atoms with van der Waals surface area (Å²) in [6.07, 6.45) is 24.7. The summed E-state index contributed by atoms with van der Waals surface area (Å²) in [5, 5.41) is 0. The van der Waals surface area contributed by atoms with E-state index in [1.54, 1.807) is 0 Å². The third kappa shape index (κ3) is 5.85. The fourth-order valence-corrected chi connectivity index (χ4v) is 4.22. The lowest BCUT2D eigenvalue weighted by molar-refractivity contribution is 0.577. The van der Waals surface area contributed by atoms with Gasteiger partial charge in [-0.3, -0.25) is 0 Å². The summed E-state index contributed by atoms with van der Waals surface area (Å²) >= 11 is 0. The van der Waals surface area contributed by atoms with Gasteiger partial charge in [0.25, 0.3) is 0 Å². The maximum absolute atomic E-state index is 2.47. The van der Waals surface area contributed by atoms with E-state index < -0.39 is 0 Å². The molecule has 0 spiro atoms. The van der Waals surface area contributed by atoms with E-state index >= 15 is 0 Å². The van der Waals surface area contributed by atoms with E-state index in [-0.39, 0.29) is 0 Å². The highest BCUT2D eigenvalue weighted by molar-refractivity contribution is 5.78. The van der Waals surface area contributed by atoms with E-state index in [2.05, 4.69) is 101 Å². The summed E-state index contributed by atoms with van der Waals surface area (Å²) in [5.41, 5.74) is 8.82. The van der Waals surface area contributed by atoms with Gasteiger partial charge >= 0.3 is 0 Å². The zero-order valence-electron chi connectivity index (χ0n) is 19.3. The zero-order valence-corrected chi connectivity index (χ0v) is 19.3. The Balaban J connectivity index is 2.05. The second-order valence-electron chi connectivity index (χ2n) is 9.01. The van der Waals surface area contributed by atoms with Crippen LogP contribution in [0.2, 0.25) is 0 Å². The van der Waals surface area contributed by atoms with Crippen LogP contribution in [0.25, 0.3) is 11.1 Å². The molecule has 2 aliphatic rings. The van der Waals surface area contributed by atoms with Crippen LogP contribution in [0.5, 0.6) is 0 Å². The van der Waals surface area contributed by atoms with E-state index in [9.17, 15) is 0 Å². The molecule has 0 saturated heterocycles. The molecule has 2 atom stereocenters. The second kappa shape index (κ2) is 11.2. The summed E-state index contributed by atoms with van der Waals surface area (Å²) in [6.45, 7) is 9.36. The zero-order chi connectivity index (χ0) is 21.3. The molecule has 1 aromatic carbocycles. The monoisotopic (exact) mass is 398 g/mol. The molecule has 0 radical (unpaired) electrons. The quantitative estimate of drug-likeness (QED) is 0.409. The molecule has 0 N–H and O–H groups in total. The van der Waals surface area contributed by atoms with Crippen LogP contribution in [0, 0.1) is 11.8 Å². The van der Waals surface area contributed by atoms with Crippen LogP contribution in [-0.2, 0) is 0 Å². The lowest BCUT2D eigenvalue weighted by atomic mass is 9.84. The van der Waals surface area contributed by atoms with Gasteiger partial charge in [0.1, 0.15) is 0 Å². The highest BCUT2D eigenvalue weighted by atomic mass is 14.2. The number of allylic oxidation sites excluding steroid dienone is 12. The van der Waals surface area contributed by atoms with E-state index in [4.69, 9.17) is 0 Å². The Morgan fingerprint density at radius 2 is 1.20 bits per heavy atom. The molecule has 0 fully saturated rings. The summed E-state index contributed by atoms with van der Waals surface area (Å²) < 4.78 is 0. The van der Waals surface area contributed by atoms with E-state index in [1.807, 2.05) is 0 Å². The molecule has 0 aliphatic heterocycles. The van der Waals surface area contributed by atoms with Gasteiger partial charge in [0, 0.05) is 0 Å². The van der Waals surface area contributed by atoms with Crippen molar-refractivity contribution in [3.8, 4) is 0 Å². The molecular weight excluding hydrogens is 360 g/mol. The first-order valence-electron chi connectivity index (χ1n) is 11.8. The third-order valence-electron chi connectivity index (χ3n) is 6.60. The molecular formula is C30H38. The van der Waals surface area contributed by atoms with Gasteiger partial charge in [0.2, 0.25) is 0 Å². The summed E-state index contributed by atoms with van der Waals surface area (Å²) in [5.74, 6) is 1.39. The normalized spacial score (nSPS) is 20.9. The Bertz CT molecular complexity index is 826. The van der Waals surface area contributed by atoms with Crippen LogP contribution >= 0.6 is 0 Å². The van der Waals surface area contributed by atoms with Gasteiger partial charge in [-0.05, 0) is 77.0 Å². The van der Waals surface area contributed by atoms with Gasteiger partial charge in [0.05, 0.1) is 0 Å². The van der Waals surface area contributed by atoms with Crippen molar-refractivity contribution in [3.63, 3.8) is 0 Å². The lowest BCUT2D eigenvalue weighted by Crippen LogP contribution is -2.02. The van der Waals surface area contributed by atoms with Crippen LogP contribution in [0.1, 0.15) is 77.3 Å². The van der Waals surface area contributed by atoms with Crippen LogP contribution in [-0.4, -0.2) is 0 Å². The Morgan fingerprint density at radius 3 is 1.57 bits per heavy atom. The number of benzene rings is 1. The Hall–Kier alpha value is -2.34. The molecule has 0 heterocycles. The average Bonchev–Trinajstić information content (AvgIpc) is 2.81. The molecule has 158 valence electrons. The molecule has 2 unspecified atom stereocenters. The van der Waals surface area contributed by atoms with Gasteiger partial charge in [-0.1, -0.05) is 107 Å². The maximum atomic E-state index is 2.47. The minimum Gasteiger partial charge on any atom is -0.0801 e. The van der Waals surface area contributed by atoms with E-state index in [0.29, 0.717) is 11.8 Å². The Labute approximate surface area is 184 Å². The molecule has 1 aromatic rings. The van der Waals surface area contributed by atoms with Crippen molar-refractivity contribution in [2.24, 2.45) is 11.8 Å². The second-order valence-corrected chi connectivity index (χ2v) is 9.01. The number of hydrogen-bond donors (Lipinski definition) is 0. The van der Waals surface area contributed by atoms with Crippen LogP contribution in [0.4, 0.5) is 0 Å². The molecule has 0 saturated carbocycles. The first-order chi connectivity index (χ1) is 14.6. The molecule has 0 amide bonds. The van der Waals surface area contributed by atoms with E-state index in [1.165, 1.54) is 46.3 Å². The van der Waals surface area contributed by atoms with Crippen molar-refractivity contribution in [2.45, 2.75) is 66.2 Å². The summed E-state index contributed by atoms with van der Waals surface area (Å²) in [6, 6.07) is 9.38. The van der Waals surface area contributed by atoms with Crippen LogP contribution in [0.15, 0.2) is 84.0 Å². The Morgan fingerprint density at radius 1 is 0.733 bits per heavy atom. The van der Waals surface area contributed by atoms with Gasteiger partial charge in [-0.2, -0.15) is 0 Å². The smallest absolute Gasteiger partial charge is 0.00914 e. The molecule has 30 heavy (non-hydrogen) atoms. The van der Waals surface area contributed by atoms with Gasteiger partial charge < -0.3 is 0 Å². The topological polar surface area (TPSA) is 0 Å². The minimum absolute atomic E-state index is 0.694. The average molecular weight is 399 g/mol. The maximum Gasteiger partial charge on any atom is -0.00914 e. The van der Waals surface area contributed by atoms with Crippen molar-refractivity contribution in [1.29, 1.82) is 0 Å². The SMILES string of the molecule is CCC(C)C/C(=C1/C=CC=CC1)c1cccc(/C(CC(C)CC)=C2\C=CC=CC2)c1. The van der Waals surface area contributed by atoms with Crippen molar-refractivity contribution in [1.82, 2.24) is 0 Å². The van der Waals surface area contributed by atoms with E-state index in [0.717, 1.165) is 25.7 Å². The number of hydrogen-bond acceptors (Lipinski definition) is 0. The first-order valence-corrected chi connectivity index (χ1v) is 11.8. The lowest BCUT2D eigenvalue weighted by Gasteiger charge is -2.21. The van der Waals surface area contributed by atoms with Crippen LogP contribution in [0.3, 0.4) is 0 Å². The summed E-state index contributed by atoms with van der Waals surface area (Å²) in [7, 11) is 0. The largest absolute Gasteiger partial charge is 0.0801 e. The number of rotatable bonds is 8. The van der Waals surface area contributed by atoms with Gasteiger partial charge in [-0.25, -0.2) is 0 Å². The summed E-state index contributed by atoms with van der Waals surface area (Å²) in [4.78, 5) is 0. The predicted octanol–water partition coefficient (Wildman–Crippen LogP) is 9.10. The molecule has 0 bridgehead atoms. The standard InChI is InChI=1S/C30H38/c1-5-23(3)20-29(25-14-9-7-10-15-25)27-18-13-19-28(22-27)30(21-24(4)6-2)26-16-11-8-12-17-26/h7-14,16,18-19,22-24H,5-6,15,17,20-21H2,1-4H3/b29-25+,30-26+. The fraction of sp³-hybridized carbons (Fsp3) is 0.400. The molecule has 3 rings (SSSR count). The molecule has 0 nitrogen and oxygen atoms in total. The van der Waals surface area contributed by atoms with Gasteiger partial charge in [0.15, 0.2) is 0 Å². The first kappa shape index (κ1) is 22.3. The highest BCUT2D eigenvalue weighted by Crippen LogP contribution is 2.35. The van der Waals surface area contributed by atoms with Crippen LogP contribution < -0.4 is 0 Å². The molecule has 2 aliphatic carbocycles. The predicted molar refractivity (Wildman–Crippen MR) is 134 cm³/mol. The third-order valence-corrected chi connectivity index (χ3v) is 6.60. The van der Waals surface area contributed by atoms with Crippen molar-refractivity contribution in [3.05, 3.63) is 95.1 Å². The van der Waals surface area contributed by atoms with Crippen molar-refractivity contribution < 1.29 is 0 Å². The van der Waals surface area contributed by atoms with Crippen molar-refractivity contribution >= 4 is 11.1 Å². The fourth-order valence-electron chi connectivity index (χ4n) is 4.22. The highest BCUT2D eigenvalue weighted by Gasteiger charge is 2.16. The molecule has 0 heteroatoms. The minimum atomic E-state index is 0.694. The molecule has 0 aromatic heterocycles.